The maximum atomic E-state index is 14.0. The number of phenols is 1. The van der Waals surface area contributed by atoms with E-state index in [1.54, 1.807) is 12.1 Å². The lowest BCUT2D eigenvalue weighted by Gasteiger charge is -2.28. The molecule has 0 saturated heterocycles. The SMILES string of the molecule is CC(C)(C)c1cc(-c2cc(F)c(C#N)c(F)c2)cc(C(C)(C)C)c1O. The second-order valence-electron chi connectivity index (χ2n) is 8.35. The first-order valence-corrected chi connectivity index (χ1v) is 8.13. The van der Waals surface area contributed by atoms with Crippen LogP contribution in [0.25, 0.3) is 11.1 Å². The number of phenolic OH excluding ortho intramolecular Hbond substituents is 1. The van der Waals surface area contributed by atoms with Crippen LogP contribution in [0.1, 0.15) is 58.2 Å². The quantitative estimate of drug-likeness (QED) is 0.710. The first-order chi connectivity index (χ1) is 11.4. The molecule has 0 unspecified atom stereocenters. The molecule has 1 N–H and O–H groups in total. The largest absolute Gasteiger partial charge is 0.507 e. The van der Waals surface area contributed by atoms with E-state index in [1.807, 2.05) is 41.5 Å². The van der Waals surface area contributed by atoms with Gasteiger partial charge in [-0.25, -0.2) is 8.78 Å². The average molecular weight is 343 g/mol. The molecular weight excluding hydrogens is 320 g/mol. The van der Waals surface area contributed by atoms with Crippen molar-refractivity contribution in [3.63, 3.8) is 0 Å². The summed E-state index contributed by atoms with van der Waals surface area (Å²) in [4.78, 5) is 0. The standard InChI is InChI=1S/C21H23F2NO/c1-20(2,3)15-7-12(8-16(19(15)25)21(4,5)6)13-9-17(22)14(11-24)18(23)10-13/h7-10,25H,1-6H3. The summed E-state index contributed by atoms with van der Waals surface area (Å²) in [5, 5.41) is 19.6. The number of halogens is 2. The van der Waals surface area contributed by atoms with Gasteiger partial charge in [-0.15, -0.1) is 0 Å². The predicted molar refractivity (Wildman–Crippen MR) is 95.6 cm³/mol. The van der Waals surface area contributed by atoms with Crippen molar-refractivity contribution in [2.45, 2.75) is 52.4 Å². The third-order valence-electron chi connectivity index (χ3n) is 4.21. The summed E-state index contributed by atoms with van der Waals surface area (Å²) in [5.41, 5.74) is 1.09. The average Bonchev–Trinajstić information content (AvgIpc) is 2.44. The van der Waals surface area contributed by atoms with Crippen LogP contribution >= 0.6 is 0 Å². The topological polar surface area (TPSA) is 44.0 Å². The van der Waals surface area contributed by atoms with Gasteiger partial charge in [0, 0.05) is 11.1 Å². The minimum atomic E-state index is -0.889. The van der Waals surface area contributed by atoms with E-state index in [-0.39, 0.29) is 16.6 Å². The molecule has 0 aliphatic heterocycles. The summed E-state index contributed by atoms with van der Waals surface area (Å²) in [6.07, 6.45) is 0. The summed E-state index contributed by atoms with van der Waals surface area (Å²) in [6, 6.07) is 7.36. The van der Waals surface area contributed by atoms with Crippen molar-refractivity contribution in [3.8, 4) is 22.9 Å². The van der Waals surface area contributed by atoms with Gasteiger partial charge >= 0.3 is 0 Å². The fourth-order valence-electron chi connectivity index (χ4n) is 2.79. The minimum Gasteiger partial charge on any atom is -0.507 e. The van der Waals surface area contributed by atoms with Gasteiger partial charge in [0.2, 0.25) is 0 Å². The normalized spacial score (nSPS) is 12.1. The summed E-state index contributed by atoms with van der Waals surface area (Å²) < 4.78 is 28.1. The van der Waals surface area contributed by atoms with Gasteiger partial charge in [0.25, 0.3) is 0 Å². The Morgan fingerprint density at radius 2 is 1.16 bits per heavy atom. The van der Waals surface area contributed by atoms with Crippen molar-refractivity contribution in [1.82, 2.24) is 0 Å². The number of rotatable bonds is 1. The molecular formula is C21H23F2NO. The second kappa shape index (κ2) is 6.15. The summed E-state index contributed by atoms with van der Waals surface area (Å²) in [5.74, 6) is -1.57. The van der Waals surface area contributed by atoms with Gasteiger partial charge in [-0.3, -0.25) is 0 Å². The smallest absolute Gasteiger partial charge is 0.144 e. The molecule has 0 radical (unpaired) electrons. The fraction of sp³-hybridized carbons (Fsp3) is 0.381. The molecule has 0 atom stereocenters. The van der Waals surface area contributed by atoms with Gasteiger partial charge in [0.05, 0.1) is 0 Å². The number of benzene rings is 2. The molecule has 2 aromatic rings. The Balaban J connectivity index is 2.82. The number of nitrogens with zero attached hydrogens (tertiary/aromatic N) is 1. The van der Waals surface area contributed by atoms with Gasteiger partial charge in [0.1, 0.15) is 29.0 Å². The minimum absolute atomic E-state index is 0.207. The Morgan fingerprint density at radius 3 is 1.48 bits per heavy atom. The molecule has 0 aliphatic carbocycles. The van der Waals surface area contributed by atoms with Crippen LogP contribution in [-0.4, -0.2) is 5.11 Å². The van der Waals surface area contributed by atoms with Crippen molar-refractivity contribution in [2.75, 3.05) is 0 Å². The zero-order valence-corrected chi connectivity index (χ0v) is 15.5. The van der Waals surface area contributed by atoms with Gasteiger partial charge in [-0.1, -0.05) is 41.5 Å². The molecule has 0 heterocycles. The van der Waals surface area contributed by atoms with Crippen molar-refractivity contribution in [3.05, 3.63) is 52.6 Å². The fourth-order valence-corrected chi connectivity index (χ4v) is 2.79. The molecule has 0 spiro atoms. The number of hydrogen-bond acceptors (Lipinski definition) is 2. The van der Waals surface area contributed by atoms with Crippen LogP contribution in [0.3, 0.4) is 0 Å². The molecule has 0 aromatic heterocycles. The van der Waals surface area contributed by atoms with E-state index in [2.05, 4.69) is 0 Å². The van der Waals surface area contributed by atoms with Gasteiger partial charge in [0.15, 0.2) is 0 Å². The van der Waals surface area contributed by atoms with Crippen LogP contribution in [0, 0.1) is 23.0 Å². The van der Waals surface area contributed by atoms with Crippen molar-refractivity contribution in [2.24, 2.45) is 0 Å². The Bertz CT molecular complexity index is 807. The maximum Gasteiger partial charge on any atom is 0.144 e. The lowest BCUT2D eigenvalue weighted by atomic mass is 9.77. The lowest BCUT2D eigenvalue weighted by Crippen LogP contribution is -2.17. The predicted octanol–water partition coefficient (Wildman–Crippen LogP) is 5.80. The van der Waals surface area contributed by atoms with E-state index < -0.39 is 17.2 Å². The van der Waals surface area contributed by atoms with Crippen LogP contribution in [0.4, 0.5) is 8.78 Å². The Hall–Kier alpha value is -2.41. The molecule has 4 heteroatoms. The molecule has 0 bridgehead atoms. The van der Waals surface area contributed by atoms with E-state index in [9.17, 15) is 13.9 Å². The van der Waals surface area contributed by atoms with Gasteiger partial charge in [-0.05, 0) is 46.2 Å². The highest BCUT2D eigenvalue weighted by Crippen LogP contribution is 2.42. The summed E-state index contributed by atoms with van der Waals surface area (Å²) >= 11 is 0. The summed E-state index contributed by atoms with van der Waals surface area (Å²) in [6.45, 7) is 11.8. The van der Waals surface area contributed by atoms with E-state index >= 15 is 0 Å². The van der Waals surface area contributed by atoms with Crippen molar-refractivity contribution < 1.29 is 13.9 Å². The molecule has 0 saturated carbocycles. The molecule has 0 aliphatic rings. The molecule has 0 fully saturated rings. The summed E-state index contributed by atoms with van der Waals surface area (Å²) in [7, 11) is 0. The third kappa shape index (κ3) is 3.66. The Labute approximate surface area is 147 Å². The number of aromatic hydroxyl groups is 1. The maximum absolute atomic E-state index is 14.0. The number of nitriles is 1. The van der Waals surface area contributed by atoms with Crippen LogP contribution in [0.15, 0.2) is 24.3 Å². The first-order valence-electron chi connectivity index (χ1n) is 8.13. The molecule has 132 valence electrons. The third-order valence-corrected chi connectivity index (χ3v) is 4.21. The van der Waals surface area contributed by atoms with Crippen LogP contribution in [-0.2, 0) is 10.8 Å². The lowest BCUT2D eigenvalue weighted by molar-refractivity contribution is 0.423. The van der Waals surface area contributed by atoms with E-state index in [4.69, 9.17) is 5.26 Å². The molecule has 2 rings (SSSR count). The van der Waals surface area contributed by atoms with Crippen LogP contribution < -0.4 is 0 Å². The molecule has 2 aromatic carbocycles. The van der Waals surface area contributed by atoms with Crippen molar-refractivity contribution in [1.29, 1.82) is 5.26 Å². The Morgan fingerprint density at radius 1 is 0.800 bits per heavy atom. The zero-order chi connectivity index (χ0) is 19.2. The van der Waals surface area contributed by atoms with E-state index in [0.717, 1.165) is 12.1 Å². The van der Waals surface area contributed by atoms with Gasteiger partial charge in [-0.2, -0.15) is 5.26 Å². The second-order valence-corrected chi connectivity index (χ2v) is 8.35. The monoisotopic (exact) mass is 343 g/mol. The molecule has 25 heavy (non-hydrogen) atoms. The highest BCUT2D eigenvalue weighted by atomic mass is 19.1. The number of hydrogen-bond donors (Lipinski definition) is 1. The highest BCUT2D eigenvalue weighted by molar-refractivity contribution is 5.70. The van der Waals surface area contributed by atoms with E-state index in [1.165, 1.54) is 6.07 Å². The van der Waals surface area contributed by atoms with Gasteiger partial charge < -0.3 is 5.11 Å². The Kier molecular flexibility index (Phi) is 4.65. The molecule has 0 amide bonds. The zero-order valence-electron chi connectivity index (χ0n) is 15.5. The van der Waals surface area contributed by atoms with E-state index in [0.29, 0.717) is 22.3 Å². The van der Waals surface area contributed by atoms with Crippen LogP contribution in [0.2, 0.25) is 0 Å². The highest BCUT2D eigenvalue weighted by Gasteiger charge is 2.27. The first kappa shape index (κ1) is 18.9. The van der Waals surface area contributed by atoms with Crippen LogP contribution in [0.5, 0.6) is 5.75 Å². The molecule has 2 nitrogen and oxygen atoms in total. The van der Waals surface area contributed by atoms with Crippen molar-refractivity contribution >= 4 is 0 Å².